The van der Waals surface area contributed by atoms with Crippen LogP contribution in [0.5, 0.6) is 0 Å². The van der Waals surface area contributed by atoms with Gasteiger partial charge in [0.15, 0.2) is 5.69 Å². The first kappa shape index (κ1) is 13.1. The van der Waals surface area contributed by atoms with Crippen molar-refractivity contribution in [2.24, 2.45) is 0 Å². The molecule has 0 unspecified atom stereocenters. The Kier molecular flexibility index (Phi) is 3.85. The molecule has 2 heterocycles. The second kappa shape index (κ2) is 5.57. The first-order valence-electron chi connectivity index (χ1n) is 5.35. The summed E-state index contributed by atoms with van der Waals surface area (Å²) < 4.78 is 1.09. The number of aryl methyl sites for hydroxylation is 1. The number of nitrogens with zero attached hydrogens (tertiary/aromatic N) is 4. The molecule has 0 bridgehead atoms. The predicted octanol–water partition coefficient (Wildman–Crippen LogP) is 0.0576. The van der Waals surface area contributed by atoms with Crippen molar-refractivity contribution in [2.75, 3.05) is 0 Å². The molecule has 2 rings (SSSR count). The van der Waals surface area contributed by atoms with Gasteiger partial charge in [-0.1, -0.05) is 5.21 Å². The first-order valence-corrected chi connectivity index (χ1v) is 6.23. The molecule has 19 heavy (non-hydrogen) atoms. The standard InChI is InChI=1S/C10H11N5O3S/c1-6-5-19-8(12-6)2-11-10(18)7-3-15(14-13-7)4-9(16)17/h3,5H,2,4H2,1H3,(H,11,18)(H,16,17). The zero-order chi connectivity index (χ0) is 13.8. The number of hydrogen-bond donors (Lipinski definition) is 2. The zero-order valence-electron chi connectivity index (χ0n) is 10.0. The number of aromatic nitrogens is 4. The molecule has 1 amide bonds. The molecule has 0 aliphatic rings. The third-order valence-electron chi connectivity index (χ3n) is 2.14. The van der Waals surface area contributed by atoms with Crippen LogP contribution in [-0.4, -0.2) is 37.0 Å². The molecule has 0 aliphatic carbocycles. The molecule has 0 fully saturated rings. The number of carbonyl (C=O) groups excluding carboxylic acids is 1. The molecule has 0 aliphatic heterocycles. The Balaban J connectivity index is 1.92. The van der Waals surface area contributed by atoms with Gasteiger partial charge in [-0.2, -0.15) is 0 Å². The molecule has 0 saturated heterocycles. The predicted molar refractivity (Wildman–Crippen MR) is 65.7 cm³/mol. The van der Waals surface area contributed by atoms with Crippen LogP contribution in [0.2, 0.25) is 0 Å². The van der Waals surface area contributed by atoms with Gasteiger partial charge in [0.25, 0.3) is 5.91 Å². The summed E-state index contributed by atoms with van der Waals surface area (Å²) in [6, 6.07) is 0. The highest BCUT2D eigenvalue weighted by atomic mass is 32.1. The fraction of sp³-hybridized carbons (Fsp3) is 0.300. The lowest BCUT2D eigenvalue weighted by Gasteiger charge is -1.98. The Morgan fingerprint density at radius 3 is 2.95 bits per heavy atom. The fourth-order valence-electron chi connectivity index (χ4n) is 1.35. The Bertz CT molecular complexity index is 606. The van der Waals surface area contributed by atoms with Crippen molar-refractivity contribution in [1.29, 1.82) is 0 Å². The molecule has 0 aromatic carbocycles. The van der Waals surface area contributed by atoms with Crippen LogP contribution in [0.15, 0.2) is 11.6 Å². The van der Waals surface area contributed by atoms with Gasteiger partial charge in [0, 0.05) is 11.1 Å². The minimum absolute atomic E-state index is 0.0783. The van der Waals surface area contributed by atoms with Gasteiger partial charge in [0.05, 0.1) is 12.7 Å². The lowest BCUT2D eigenvalue weighted by Crippen LogP contribution is -2.23. The number of hydrogen-bond acceptors (Lipinski definition) is 6. The van der Waals surface area contributed by atoms with Crippen LogP contribution in [-0.2, 0) is 17.9 Å². The van der Waals surface area contributed by atoms with Gasteiger partial charge >= 0.3 is 5.97 Å². The largest absolute Gasteiger partial charge is 0.480 e. The van der Waals surface area contributed by atoms with E-state index in [1.165, 1.54) is 17.5 Å². The van der Waals surface area contributed by atoms with Crippen molar-refractivity contribution >= 4 is 23.2 Å². The topological polar surface area (TPSA) is 110 Å². The van der Waals surface area contributed by atoms with E-state index >= 15 is 0 Å². The van der Waals surface area contributed by atoms with Gasteiger partial charge in [0.2, 0.25) is 0 Å². The summed E-state index contributed by atoms with van der Waals surface area (Å²) in [7, 11) is 0. The summed E-state index contributed by atoms with van der Waals surface area (Å²) >= 11 is 1.46. The van der Waals surface area contributed by atoms with Crippen LogP contribution in [0.4, 0.5) is 0 Å². The molecule has 8 nitrogen and oxygen atoms in total. The Morgan fingerprint density at radius 2 is 2.32 bits per heavy atom. The lowest BCUT2D eigenvalue weighted by molar-refractivity contribution is -0.137. The van der Waals surface area contributed by atoms with Crippen molar-refractivity contribution < 1.29 is 14.7 Å². The van der Waals surface area contributed by atoms with Crippen molar-refractivity contribution in [3.8, 4) is 0 Å². The molecule has 2 aromatic heterocycles. The minimum atomic E-state index is -1.05. The maximum atomic E-state index is 11.7. The van der Waals surface area contributed by atoms with Crippen LogP contribution in [0.1, 0.15) is 21.2 Å². The normalized spacial score (nSPS) is 10.4. The van der Waals surface area contributed by atoms with Crippen molar-refractivity contribution in [1.82, 2.24) is 25.3 Å². The zero-order valence-corrected chi connectivity index (χ0v) is 10.8. The van der Waals surface area contributed by atoms with E-state index in [2.05, 4.69) is 20.6 Å². The van der Waals surface area contributed by atoms with Gasteiger partial charge in [-0.3, -0.25) is 9.59 Å². The highest BCUT2D eigenvalue weighted by molar-refractivity contribution is 7.09. The molecule has 0 atom stereocenters. The van der Waals surface area contributed by atoms with Crippen LogP contribution < -0.4 is 5.32 Å². The summed E-state index contributed by atoms with van der Waals surface area (Å²) in [6.45, 7) is 1.86. The summed E-state index contributed by atoms with van der Waals surface area (Å²) in [5, 5.41) is 21.1. The second-order valence-electron chi connectivity index (χ2n) is 3.76. The van der Waals surface area contributed by atoms with Crippen LogP contribution in [0.3, 0.4) is 0 Å². The van der Waals surface area contributed by atoms with Crippen LogP contribution in [0, 0.1) is 6.92 Å². The van der Waals surface area contributed by atoms with E-state index in [9.17, 15) is 9.59 Å². The monoisotopic (exact) mass is 281 g/mol. The van der Waals surface area contributed by atoms with Gasteiger partial charge in [0.1, 0.15) is 11.6 Å². The van der Waals surface area contributed by atoms with E-state index in [1.54, 1.807) is 0 Å². The molecule has 2 N–H and O–H groups in total. The molecule has 0 radical (unpaired) electrons. The van der Waals surface area contributed by atoms with Crippen molar-refractivity contribution in [2.45, 2.75) is 20.0 Å². The fourth-order valence-corrected chi connectivity index (χ4v) is 2.06. The average Bonchev–Trinajstić information content (AvgIpc) is 2.95. The number of thiazole rings is 1. The second-order valence-corrected chi connectivity index (χ2v) is 4.70. The lowest BCUT2D eigenvalue weighted by atomic mass is 10.4. The summed E-state index contributed by atoms with van der Waals surface area (Å²) in [5.41, 5.74) is 0.983. The van der Waals surface area contributed by atoms with Gasteiger partial charge in [-0.25, -0.2) is 9.67 Å². The highest BCUT2D eigenvalue weighted by Gasteiger charge is 2.12. The number of aliphatic carboxylic acids is 1. The average molecular weight is 281 g/mol. The molecule has 0 saturated carbocycles. The van der Waals surface area contributed by atoms with E-state index in [4.69, 9.17) is 5.11 Å². The minimum Gasteiger partial charge on any atom is -0.480 e. The van der Waals surface area contributed by atoms with E-state index in [1.807, 2.05) is 12.3 Å². The maximum absolute atomic E-state index is 11.7. The molecular formula is C10H11N5O3S. The smallest absolute Gasteiger partial charge is 0.325 e. The highest BCUT2D eigenvalue weighted by Crippen LogP contribution is 2.08. The van der Waals surface area contributed by atoms with E-state index < -0.39 is 11.9 Å². The van der Waals surface area contributed by atoms with E-state index in [-0.39, 0.29) is 12.2 Å². The molecular weight excluding hydrogens is 270 g/mol. The van der Waals surface area contributed by atoms with E-state index in [0.717, 1.165) is 15.4 Å². The third kappa shape index (κ3) is 3.58. The Morgan fingerprint density at radius 1 is 1.53 bits per heavy atom. The van der Waals surface area contributed by atoms with Gasteiger partial charge in [-0.15, -0.1) is 16.4 Å². The number of nitrogens with one attached hydrogen (secondary N) is 1. The Labute approximate surface area is 112 Å². The molecule has 100 valence electrons. The Hall–Kier alpha value is -2.29. The number of carboxylic acids is 1. The van der Waals surface area contributed by atoms with Gasteiger partial charge in [-0.05, 0) is 6.92 Å². The molecule has 2 aromatic rings. The number of rotatable bonds is 5. The SMILES string of the molecule is Cc1csc(CNC(=O)c2cn(CC(=O)O)nn2)n1. The molecule has 0 spiro atoms. The summed E-state index contributed by atoms with van der Waals surface area (Å²) in [4.78, 5) is 26.4. The number of carboxylic acid groups (broad SMARTS) is 1. The molecule has 9 heteroatoms. The first-order chi connectivity index (χ1) is 9.04. The summed E-state index contributed by atoms with van der Waals surface area (Å²) in [6.07, 6.45) is 1.29. The van der Waals surface area contributed by atoms with Crippen molar-refractivity contribution in [3.05, 3.63) is 28.0 Å². The quantitative estimate of drug-likeness (QED) is 0.801. The third-order valence-corrected chi connectivity index (χ3v) is 3.10. The number of amides is 1. The summed E-state index contributed by atoms with van der Waals surface area (Å²) in [5.74, 6) is -1.46. The van der Waals surface area contributed by atoms with E-state index in [0.29, 0.717) is 6.54 Å². The maximum Gasteiger partial charge on any atom is 0.325 e. The van der Waals surface area contributed by atoms with Crippen LogP contribution in [0.25, 0.3) is 0 Å². The van der Waals surface area contributed by atoms with Crippen LogP contribution >= 0.6 is 11.3 Å². The van der Waals surface area contributed by atoms with Crippen molar-refractivity contribution in [3.63, 3.8) is 0 Å². The van der Waals surface area contributed by atoms with Gasteiger partial charge < -0.3 is 10.4 Å². The number of carbonyl (C=O) groups is 2.